The van der Waals surface area contributed by atoms with Crippen molar-refractivity contribution in [2.24, 2.45) is 0 Å². The molecule has 2 N–H and O–H groups in total. The molecule has 1 fully saturated rings. The summed E-state index contributed by atoms with van der Waals surface area (Å²) in [4.78, 5) is 30.8. The summed E-state index contributed by atoms with van der Waals surface area (Å²) in [6.07, 6.45) is 0. The summed E-state index contributed by atoms with van der Waals surface area (Å²) in [6.45, 7) is 5.40. The zero-order valence-electron chi connectivity index (χ0n) is 18.5. The van der Waals surface area contributed by atoms with Gasteiger partial charge in [-0.1, -0.05) is 18.3 Å². The number of fused-ring (bicyclic) bond motifs is 1. The highest BCUT2D eigenvalue weighted by atomic mass is 32.1. The van der Waals surface area contributed by atoms with E-state index < -0.39 is 17.5 Å². The lowest BCUT2D eigenvalue weighted by Gasteiger charge is -2.36. The van der Waals surface area contributed by atoms with Gasteiger partial charge < -0.3 is 15.2 Å². The van der Waals surface area contributed by atoms with Crippen LogP contribution < -0.4 is 15.9 Å². The van der Waals surface area contributed by atoms with Gasteiger partial charge in [-0.2, -0.15) is 0 Å². The van der Waals surface area contributed by atoms with Crippen molar-refractivity contribution >= 4 is 34.7 Å². The second-order valence-electron chi connectivity index (χ2n) is 7.96. The summed E-state index contributed by atoms with van der Waals surface area (Å²) < 4.78 is 31.0. The van der Waals surface area contributed by atoms with Crippen LogP contribution in [-0.4, -0.2) is 53.6 Å². The van der Waals surface area contributed by atoms with Gasteiger partial charge in [0.05, 0.1) is 16.8 Å². The molecular weight excluding hydrogens is 448 g/mol. The molecule has 2 heterocycles. The van der Waals surface area contributed by atoms with E-state index in [1.54, 1.807) is 4.90 Å². The quantitative estimate of drug-likeness (QED) is 0.558. The maximum atomic E-state index is 14.6. The summed E-state index contributed by atoms with van der Waals surface area (Å²) >= 11 is 5.44. The molecule has 3 aromatic rings. The number of hydrogen-bond donors (Lipinski definition) is 2. The molecule has 0 spiro atoms. The van der Waals surface area contributed by atoms with E-state index in [-0.39, 0.29) is 16.9 Å². The molecular formula is C23H25F2N5O2S. The molecule has 0 aliphatic carbocycles. The van der Waals surface area contributed by atoms with Crippen molar-refractivity contribution in [3.63, 3.8) is 0 Å². The van der Waals surface area contributed by atoms with Crippen molar-refractivity contribution in [1.29, 1.82) is 0 Å². The standard InChI is InChI=1S/C23H25F2N5O2S/c1-3-30-22(33)15-5-4-14(12-17(15)27-23(30)32)13-28-8-10-29(11-9-28)18-7-6-16(21(31)26-2)19(24)20(18)25/h4-7,12H,3,8-11,13H2,1-2H3,(H,26,31)(H,27,32). The van der Waals surface area contributed by atoms with Crippen LogP contribution in [0, 0.1) is 16.3 Å². The number of carbonyl (C=O) groups excluding carboxylic acids is 1. The van der Waals surface area contributed by atoms with E-state index in [2.05, 4.69) is 15.2 Å². The molecule has 174 valence electrons. The Labute approximate surface area is 194 Å². The minimum atomic E-state index is -1.13. The minimum Gasteiger partial charge on any atom is -0.367 e. The predicted octanol–water partition coefficient (Wildman–Crippen LogP) is 3.04. The third kappa shape index (κ3) is 4.40. The Balaban J connectivity index is 1.46. The number of rotatable bonds is 5. The Morgan fingerprint density at radius 3 is 2.52 bits per heavy atom. The maximum Gasteiger partial charge on any atom is 0.326 e. The summed E-state index contributed by atoms with van der Waals surface area (Å²) in [7, 11) is 1.37. The number of amides is 1. The smallest absolute Gasteiger partial charge is 0.326 e. The molecule has 0 saturated carbocycles. The Bertz CT molecular complexity index is 1330. The summed E-state index contributed by atoms with van der Waals surface area (Å²) in [5.74, 6) is -2.80. The van der Waals surface area contributed by atoms with Gasteiger partial charge in [0.15, 0.2) is 11.6 Å². The lowest BCUT2D eigenvalue weighted by atomic mass is 10.1. The first kappa shape index (κ1) is 23.1. The SMILES string of the molecule is CCn1c(=O)[nH]c2cc(CN3CCN(c4ccc(C(=O)NC)c(F)c4F)CC3)ccc2c1=S. The molecule has 0 bridgehead atoms. The number of piperazine rings is 1. The summed E-state index contributed by atoms with van der Waals surface area (Å²) in [5, 5.41) is 3.14. The average molecular weight is 474 g/mol. The fraction of sp³-hybridized carbons (Fsp3) is 0.348. The van der Waals surface area contributed by atoms with Gasteiger partial charge in [-0.05, 0) is 36.8 Å². The summed E-state index contributed by atoms with van der Waals surface area (Å²) in [6, 6.07) is 8.62. The van der Waals surface area contributed by atoms with E-state index in [1.807, 2.05) is 25.1 Å². The van der Waals surface area contributed by atoms with Crippen molar-refractivity contribution < 1.29 is 13.6 Å². The van der Waals surface area contributed by atoms with Gasteiger partial charge in [0.1, 0.15) is 4.64 Å². The van der Waals surface area contributed by atoms with Crippen LogP contribution in [0.2, 0.25) is 0 Å². The second-order valence-corrected chi connectivity index (χ2v) is 8.35. The van der Waals surface area contributed by atoms with Crippen LogP contribution >= 0.6 is 12.2 Å². The molecule has 0 atom stereocenters. The first-order valence-electron chi connectivity index (χ1n) is 10.8. The molecule has 0 radical (unpaired) electrons. The van der Waals surface area contributed by atoms with Crippen LogP contribution in [0.5, 0.6) is 0 Å². The van der Waals surface area contributed by atoms with Crippen molar-refractivity contribution in [3.8, 4) is 0 Å². The Morgan fingerprint density at radius 2 is 1.85 bits per heavy atom. The zero-order chi connectivity index (χ0) is 23.7. The maximum absolute atomic E-state index is 14.6. The highest BCUT2D eigenvalue weighted by Crippen LogP contribution is 2.26. The van der Waals surface area contributed by atoms with Gasteiger partial charge in [0, 0.05) is 51.7 Å². The van der Waals surface area contributed by atoms with E-state index in [0.29, 0.717) is 49.4 Å². The number of H-pyrrole nitrogens is 1. The Hall–Kier alpha value is -3.11. The van der Waals surface area contributed by atoms with Gasteiger partial charge in [0.25, 0.3) is 5.91 Å². The molecule has 1 amide bonds. The highest BCUT2D eigenvalue weighted by Gasteiger charge is 2.24. The van der Waals surface area contributed by atoms with E-state index in [4.69, 9.17) is 12.2 Å². The molecule has 1 aliphatic rings. The van der Waals surface area contributed by atoms with E-state index in [9.17, 15) is 18.4 Å². The average Bonchev–Trinajstić information content (AvgIpc) is 2.81. The topological polar surface area (TPSA) is 73.4 Å². The molecule has 1 aliphatic heterocycles. The number of nitrogens with zero attached hydrogens (tertiary/aromatic N) is 3. The van der Waals surface area contributed by atoms with Crippen molar-refractivity contribution in [3.05, 3.63) is 68.2 Å². The Kier molecular flexibility index (Phi) is 6.57. The zero-order valence-corrected chi connectivity index (χ0v) is 19.3. The number of aromatic nitrogens is 2. The summed E-state index contributed by atoms with van der Waals surface area (Å²) in [5.41, 5.74) is 1.36. The lowest BCUT2D eigenvalue weighted by molar-refractivity contribution is 0.0958. The molecule has 7 nitrogen and oxygen atoms in total. The van der Waals surface area contributed by atoms with Crippen LogP contribution in [0.1, 0.15) is 22.8 Å². The highest BCUT2D eigenvalue weighted by molar-refractivity contribution is 7.71. The van der Waals surface area contributed by atoms with Gasteiger partial charge in [-0.3, -0.25) is 14.3 Å². The molecule has 1 aromatic heterocycles. The number of hydrogen-bond acceptors (Lipinski definition) is 5. The van der Waals surface area contributed by atoms with E-state index >= 15 is 0 Å². The van der Waals surface area contributed by atoms with Crippen LogP contribution in [0.4, 0.5) is 14.5 Å². The first-order chi connectivity index (χ1) is 15.8. The predicted molar refractivity (Wildman–Crippen MR) is 126 cm³/mol. The fourth-order valence-electron chi connectivity index (χ4n) is 4.19. The van der Waals surface area contributed by atoms with Crippen molar-refractivity contribution in [2.45, 2.75) is 20.0 Å². The number of benzene rings is 2. The van der Waals surface area contributed by atoms with E-state index in [1.165, 1.54) is 23.7 Å². The van der Waals surface area contributed by atoms with Crippen molar-refractivity contribution in [2.75, 3.05) is 38.1 Å². The van der Waals surface area contributed by atoms with Gasteiger partial charge in [-0.15, -0.1) is 0 Å². The van der Waals surface area contributed by atoms with Gasteiger partial charge >= 0.3 is 5.69 Å². The lowest BCUT2D eigenvalue weighted by Crippen LogP contribution is -2.46. The monoisotopic (exact) mass is 473 g/mol. The number of halogens is 2. The molecule has 33 heavy (non-hydrogen) atoms. The van der Waals surface area contributed by atoms with Gasteiger partial charge in [-0.25, -0.2) is 13.6 Å². The van der Waals surface area contributed by atoms with E-state index in [0.717, 1.165) is 10.9 Å². The van der Waals surface area contributed by atoms with Gasteiger partial charge in [0.2, 0.25) is 0 Å². The first-order valence-corrected chi connectivity index (χ1v) is 11.2. The molecule has 0 unspecified atom stereocenters. The molecule has 4 rings (SSSR count). The number of carbonyl (C=O) groups is 1. The third-order valence-electron chi connectivity index (χ3n) is 6.02. The van der Waals surface area contributed by atoms with Crippen LogP contribution in [0.25, 0.3) is 10.9 Å². The minimum absolute atomic E-state index is 0.158. The largest absolute Gasteiger partial charge is 0.367 e. The number of aromatic amines is 1. The molecule has 2 aromatic carbocycles. The molecule has 10 heteroatoms. The van der Waals surface area contributed by atoms with Crippen LogP contribution in [0.15, 0.2) is 35.1 Å². The fourth-order valence-corrected chi connectivity index (χ4v) is 4.58. The number of nitrogens with one attached hydrogen (secondary N) is 2. The Morgan fingerprint density at radius 1 is 1.12 bits per heavy atom. The van der Waals surface area contributed by atoms with Crippen LogP contribution in [0.3, 0.4) is 0 Å². The number of anilines is 1. The second kappa shape index (κ2) is 9.40. The van der Waals surface area contributed by atoms with Crippen molar-refractivity contribution in [1.82, 2.24) is 19.8 Å². The third-order valence-corrected chi connectivity index (χ3v) is 6.46. The van der Waals surface area contributed by atoms with Crippen LogP contribution in [-0.2, 0) is 13.1 Å². The molecule has 1 saturated heterocycles. The normalized spacial score (nSPS) is 14.6.